The van der Waals surface area contributed by atoms with Gasteiger partial charge in [-0.15, -0.1) is 0 Å². The van der Waals surface area contributed by atoms with Crippen LogP contribution >= 0.6 is 13.5 Å². The maximum Gasteiger partial charge on any atom is 0.340 e. The summed E-state index contributed by atoms with van der Waals surface area (Å²) in [5.41, 5.74) is 6.82. The van der Waals surface area contributed by atoms with E-state index in [0.717, 1.165) is 18.4 Å². The molecule has 1 aliphatic rings. The SMILES string of the molecule is NCc1cccc(C2CCN(C(=O)c3ccc(NC(=O)C[C@@](O)(C(=O)O)c4ccccc4)cc3)CC2)c1.S. The predicted octanol–water partition coefficient (Wildman–Crippen LogP) is 3.58. The lowest BCUT2D eigenvalue weighted by Crippen LogP contribution is -2.39. The zero-order valence-electron chi connectivity index (χ0n) is 21.0. The van der Waals surface area contributed by atoms with Gasteiger partial charge in [0.1, 0.15) is 0 Å². The highest BCUT2D eigenvalue weighted by atomic mass is 32.1. The van der Waals surface area contributed by atoms with Gasteiger partial charge in [-0.1, -0.05) is 54.6 Å². The van der Waals surface area contributed by atoms with E-state index in [-0.39, 0.29) is 25.0 Å². The van der Waals surface area contributed by atoms with Crippen molar-refractivity contribution in [2.24, 2.45) is 5.73 Å². The van der Waals surface area contributed by atoms with E-state index in [4.69, 9.17) is 5.73 Å². The molecule has 9 heteroatoms. The molecule has 1 saturated heterocycles. The third-order valence-corrected chi connectivity index (χ3v) is 6.88. The van der Waals surface area contributed by atoms with Gasteiger partial charge in [0.25, 0.3) is 5.91 Å². The molecule has 1 fully saturated rings. The van der Waals surface area contributed by atoms with Crippen LogP contribution in [-0.2, 0) is 21.7 Å². The summed E-state index contributed by atoms with van der Waals surface area (Å²) >= 11 is 0. The second-order valence-corrected chi connectivity index (χ2v) is 9.35. The molecule has 5 N–H and O–H groups in total. The van der Waals surface area contributed by atoms with E-state index in [1.165, 1.54) is 17.7 Å². The number of carbonyl (C=O) groups is 3. The highest BCUT2D eigenvalue weighted by molar-refractivity contribution is 7.59. The summed E-state index contributed by atoms with van der Waals surface area (Å²) in [7, 11) is 0. The lowest BCUT2D eigenvalue weighted by atomic mass is 9.88. The minimum atomic E-state index is -2.35. The Morgan fingerprint density at radius 1 is 0.947 bits per heavy atom. The highest BCUT2D eigenvalue weighted by Crippen LogP contribution is 2.30. The number of nitrogens with two attached hydrogens (primary N) is 1. The number of benzene rings is 3. The van der Waals surface area contributed by atoms with E-state index in [9.17, 15) is 24.6 Å². The molecule has 0 unspecified atom stereocenters. The number of carboxylic acids is 1. The summed E-state index contributed by atoms with van der Waals surface area (Å²) in [6, 6.07) is 22.6. The van der Waals surface area contributed by atoms with E-state index in [2.05, 4.69) is 17.4 Å². The number of piperidine rings is 1. The fourth-order valence-electron chi connectivity index (χ4n) is 4.72. The zero-order chi connectivity index (χ0) is 26.4. The van der Waals surface area contributed by atoms with Gasteiger partial charge in [-0.3, -0.25) is 9.59 Å². The number of hydrogen-bond donors (Lipinski definition) is 4. The Bertz CT molecular complexity index is 1260. The van der Waals surface area contributed by atoms with Crippen LogP contribution in [0.3, 0.4) is 0 Å². The Morgan fingerprint density at radius 2 is 1.61 bits per heavy atom. The van der Waals surface area contributed by atoms with Crippen molar-refractivity contribution < 1.29 is 24.6 Å². The van der Waals surface area contributed by atoms with Crippen LogP contribution in [0.1, 0.15) is 52.2 Å². The van der Waals surface area contributed by atoms with Gasteiger partial charge in [0.2, 0.25) is 5.91 Å². The van der Waals surface area contributed by atoms with Crippen molar-refractivity contribution in [1.82, 2.24) is 4.90 Å². The van der Waals surface area contributed by atoms with Gasteiger partial charge >= 0.3 is 5.97 Å². The van der Waals surface area contributed by atoms with Crippen molar-refractivity contribution in [3.8, 4) is 0 Å². The number of amides is 2. The Balaban J connectivity index is 0.00000400. The lowest BCUT2D eigenvalue weighted by Gasteiger charge is -2.32. The van der Waals surface area contributed by atoms with Gasteiger partial charge in [0, 0.05) is 30.9 Å². The van der Waals surface area contributed by atoms with Crippen molar-refractivity contribution >= 4 is 37.0 Å². The molecule has 0 aromatic heterocycles. The number of rotatable bonds is 8. The van der Waals surface area contributed by atoms with Crippen molar-refractivity contribution in [3.63, 3.8) is 0 Å². The molecule has 3 aromatic carbocycles. The van der Waals surface area contributed by atoms with Crippen LogP contribution in [0.4, 0.5) is 5.69 Å². The molecule has 4 rings (SSSR count). The van der Waals surface area contributed by atoms with Gasteiger partial charge in [0.15, 0.2) is 5.60 Å². The Morgan fingerprint density at radius 3 is 2.21 bits per heavy atom. The minimum absolute atomic E-state index is 0. The van der Waals surface area contributed by atoms with E-state index in [1.54, 1.807) is 42.5 Å². The van der Waals surface area contributed by atoms with Crippen LogP contribution < -0.4 is 11.1 Å². The van der Waals surface area contributed by atoms with E-state index < -0.39 is 23.9 Å². The highest BCUT2D eigenvalue weighted by Gasteiger charge is 2.40. The number of nitrogens with zero attached hydrogens (tertiary/aromatic N) is 1. The quantitative estimate of drug-likeness (QED) is 0.349. The van der Waals surface area contributed by atoms with Crippen molar-refractivity contribution in [1.29, 1.82) is 0 Å². The number of anilines is 1. The van der Waals surface area contributed by atoms with Crippen LogP contribution in [0, 0.1) is 0 Å². The standard InChI is InChI=1S/C29H31N3O5.H2S/c30-19-20-5-4-6-23(17-20)21-13-15-32(16-14-21)27(34)22-9-11-25(12-10-22)31-26(33)18-29(37,28(35)36)24-7-2-1-3-8-24;/h1-12,17,21,37H,13-16,18-19,30H2,(H,31,33)(H,35,36);1H2/t29-;/m0./s1. The van der Waals surface area contributed by atoms with Crippen molar-refractivity contribution in [2.45, 2.75) is 37.3 Å². The summed E-state index contributed by atoms with van der Waals surface area (Å²) in [5.74, 6) is -1.84. The van der Waals surface area contributed by atoms with Crippen molar-refractivity contribution in [3.05, 3.63) is 101 Å². The number of aliphatic carboxylic acids is 1. The summed E-state index contributed by atoms with van der Waals surface area (Å²) < 4.78 is 0. The fourth-order valence-corrected chi connectivity index (χ4v) is 4.72. The number of carboxylic acid groups (broad SMARTS) is 1. The third-order valence-electron chi connectivity index (χ3n) is 6.88. The molecule has 0 radical (unpaired) electrons. The Hall–Kier alpha value is -3.66. The van der Waals surface area contributed by atoms with Crippen LogP contribution in [-0.4, -0.2) is 46.0 Å². The summed E-state index contributed by atoms with van der Waals surface area (Å²) in [6.45, 7) is 1.82. The van der Waals surface area contributed by atoms with Crippen LogP contribution in [0.15, 0.2) is 78.9 Å². The molecule has 0 aliphatic carbocycles. The monoisotopic (exact) mass is 535 g/mol. The van der Waals surface area contributed by atoms with E-state index >= 15 is 0 Å². The molecule has 3 aromatic rings. The maximum atomic E-state index is 13.0. The predicted molar refractivity (Wildman–Crippen MR) is 150 cm³/mol. The molecule has 8 nitrogen and oxygen atoms in total. The Kier molecular flexibility index (Phi) is 9.68. The molecule has 1 atom stereocenters. The molecule has 1 aliphatic heterocycles. The molecular formula is C29H33N3O5S. The van der Waals surface area contributed by atoms with Gasteiger partial charge in [-0.2, -0.15) is 13.5 Å². The van der Waals surface area contributed by atoms with Gasteiger partial charge < -0.3 is 26.2 Å². The Labute approximate surface area is 228 Å². The lowest BCUT2D eigenvalue weighted by molar-refractivity contribution is -0.162. The maximum absolute atomic E-state index is 13.0. The topological polar surface area (TPSA) is 133 Å². The van der Waals surface area contributed by atoms with E-state index in [0.29, 0.717) is 36.8 Å². The first-order valence-corrected chi connectivity index (χ1v) is 12.3. The first-order chi connectivity index (χ1) is 17.8. The second-order valence-electron chi connectivity index (χ2n) is 9.35. The molecule has 0 saturated carbocycles. The molecule has 1 heterocycles. The number of hydrogen-bond acceptors (Lipinski definition) is 5. The molecule has 0 bridgehead atoms. The van der Waals surface area contributed by atoms with Gasteiger partial charge in [-0.05, 0) is 59.7 Å². The van der Waals surface area contributed by atoms with Gasteiger partial charge in [0.05, 0.1) is 6.42 Å². The number of carbonyl (C=O) groups excluding carboxylic acids is 2. The summed E-state index contributed by atoms with van der Waals surface area (Å²) in [6.07, 6.45) is 1.10. The van der Waals surface area contributed by atoms with Gasteiger partial charge in [-0.25, -0.2) is 4.79 Å². The molecule has 0 spiro atoms. The number of aliphatic hydroxyl groups is 1. The van der Waals surface area contributed by atoms with Crippen LogP contribution in [0.25, 0.3) is 0 Å². The normalized spacial score (nSPS) is 15.2. The summed E-state index contributed by atoms with van der Waals surface area (Å²) in [5, 5.41) is 22.8. The van der Waals surface area contributed by atoms with Crippen LogP contribution in [0.5, 0.6) is 0 Å². The largest absolute Gasteiger partial charge is 0.479 e. The fraction of sp³-hybridized carbons (Fsp3) is 0.276. The van der Waals surface area contributed by atoms with E-state index in [1.807, 2.05) is 17.0 Å². The second kappa shape index (κ2) is 12.7. The third kappa shape index (κ3) is 6.61. The number of likely N-dealkylation sites (tertiary alicyclic amines) is 1. The first kappa shape index (κ1) is 28.9. The van der Waals surface area contributed by atoms with Crippen molar-refractivity contribution in [2.75, 3.05) is 18.4 Å². The first-order valence-electron chi connectivity index (χ1n) is 12.3. The zero-order valence-corrected chi connectivity index (χ0v) is 22.0. The smallest absolute Gasteiger partial charge is 0.340 e. The average Bonchev–Trinajstić information content (AvgIpc) is 2.93. The molecule has 200 valence electrons. The minimum Gasteiger partial charge on any atom is -0.479 e. The molecule has 38 heavy (non-hydrogen) atoms. The van der Waals surface area contributed by atoms with Crippen LogP contribution in [0.2, 0.25) is 0 Å². The summed E-state index contributed by atoms with van der Waals surface area (Å²) in [4.78, 5) is 39.1. The molecular weight excluding hydrogens is 502 g/mol. The molecule has 2 amide bonds. The number of nitrogens with one attached hydrogen (secondary N) is 1. The average molecular weight is 536 g/mol.